The molecule has 0 rings (SSSR count). The van der Waals surface area contributed by atoms with E-state index in [0.717, 1.165) is 0 Å². The van der Waals surface area contributed by atoms with Gasteiger partial charge in [-0.15, -0.1) is 0 Å². The predicted octanol–water partition coefficient (Wildman–Crippen LogP) is -0.832. The SMILES string of the molecule is CC(O)(O)CCCC(O)O. The van der Waals surface area contributed by atoms with Gasteiger partial charge in [0.2, 0.25) is 0 Å². The summed E-state index contributed by atoms with van der Waals surface area (Å²) in [6, 6.07) is 0. The molecule has 0 aliphatic heterocycles. The summed E-state index contributed by atoms with van der Waals surface area (Å²) >= 11 is 0. The molecule has 0 aliphatic carbocycles. The summed E-state index contributed by atoms with van der Waals surface area (Å²) in [7, 11) is 0. The molecule has 62 valence electrons. The summed E-state index contributed by atoms with van der Waals surface area (Å²) < 4.78 is 0. The number of aliphatic hydroxyl groups excluding tert-OH is 1. The molecule has 0 bridgehead atoms. The lowest BCUT2D eigenvalue weighted by atomic mass is 10.1. The first-order valence-corrected chi connectivity index (χ1v) is 3.23. The van der Waals surface area contributed by atoms with Gasteiger partial charge in [0.05, 0.1) is 0 Å². The highest BCUT2D eigenvalue weighted by atomic mass is 16.5. The average molecular weight is 150 g/mol. The Morgan fingerprint density at radius 1 is 1.30 bits per heavy atom. The Morgan fingerprint density at radius 3 is 2.10 bits per heavy atom. The van der Waals surface area contributed by atoms with Gasteiger partial charge in [-0.3, -0.25) is 0 Å². The number of hydrogen-bond acceptors (Lipinski definition) is 4. The Kier molecular flexibility index (Phi) is 3.81. The quantitative estimate of drug-likeness (QED) is 0.394. The molecule has 0 amide bonds. The number of hydrogen-bond donors (Lipinski definition) is 4. The topological polar surface area (TPSA) is 80.9 Å². The number of aliphatic hydroxyl groups is 4. The first-order valence-electron chi connectivity index (χ1n) is 3.23. The molecule has 0 fully saturated rings. The van der Waals surface area contributed by atoms with Crippen LogP contribution in [0.25, 0.3) is 0 Å². The van der Waals surface area contributed by atoms with Crippen LogP contribution in [-0.4, -0.2) is 32.5 Å². The van der Waals surface area contributed by atoms with Crippen LogP contribution in [0.1, 0.15) is 26.2 Å². The largest absolute Gasteiger partial charge is 0.368 e. The average Bonchev–Trinajstić information content (AvgIpc) is 1.59. The Morgan fingerprint density at radius 2 is 1.80 bits per heavy atom. The van der Waals surface area contributed by atoms with Crippen molar-refractivity contribution in [3.63, 3.8) is 0 Å². The van der Waals surface area contributed by atoms with Crippen LogP contribution >= 0.6 is 0 Å². The summed E-state index contributed by atoms with van der Waals surface area (Å²) in [6.07, 6.45) is -0.620. The third-order valence-corrected chi connectivity index (χ3v) is 1.11. The van der Waals surface area contributed by atoms with Crippen LogP contribution in [0, 0.1) is 0 Å². The highest BCUT2D eigenvalue weighted by Gasteiger charge is 2.14. The van der Waals surface area contributed by atoms with Crippen molar-refractivity contribution in [2.45, 2.75) is 38.3 Å². The van der Waals surface area contributed by atoms with Crippen LogP contribution in [-0.2, 0) is 0 Å². The third kappa shape index (κ3) is 7.84. The van der Waals surface area contributed by atoms with Crippen molar-refractivity contribution in [3.8, 4) is 0 Å². The van der Waals surface area contributed by atoms with Gasteiger partial charge in [0.15, 0.2) is 12.1 Å². The lowest BCUT2D eigenvalue weighted by Gasteiger charge is -2.15. The maximum atomic E-state index is 8.72. The van der Waals surface area contributed by atoms with Gasteiger partial charge in [-0.05, 0) is 19.8 Å². The van der Waals surface area contributed by atoms with Gasteiger partial charge in [0, 0.05) is 6.42 Å². The Hall–Kier alpha value is -0.160. The number of rotatable bonds is 4. The molecule has 0 saturated heterocycles. The Bertz CT molecular complexity index is 84.2. The van der Waals surface area contributed by atoms with E-state index in [1.165, 1.54) is 6.92 Å². The van der Waals surface area contributed by atoms with Crippen molar-refractivity contribution in [1.29, 1.82) is 0 Å². The lowest BCUT2D eigenvalue weighted by molar-refractivity contribution is -0.153. The van der Waals surface area contributed by atoms with E-state index in [2.05, 4.69) is 0 Å². The smallest absolute Gasteiger partial charge is 0.159 e. The minimum atomic E-state index is -1.69. The fourth-order valence-corrected chi connectivity index (χ4v) is 0.620. The molecule has 4 nitrogen and oxygen atoms in total. The molecule has 4 N–H and O–H groups in total. The van der Waals surface area contributed by atoms with E-state index in [4.69, 9.17) is 20.4 Å². The second-order valence-corrected chi connectivity index (χ2v) is 2.59. The summed E-state index contributed by atoms with van der Waals surface area (Å²) in [6.45, 7) is 1.26. The second kappa shape index (κ2) is 3.88. The molecule has 0 heterocycles. The van der Waals surface area contributed by atoms with Gasteiger partial charge in [-0.25, -0.2) is 0 Å². The molecule has 0 aromatic heterocycles. The minimum absolute atomic E-state index is 0.157. The minimum Gasteiger partial charge on any atom is -0.368 e. The first kappa shape index (κ1) is 9.84. The van der Waals surface area contributed by atoms with Crippen molar-refractivity contribution in [3.05, 3.63) is 0 Å². The monoisotopic (exact) mass is 150 g/mol. The van der Waals surface area contributed by atoms with E-state index in [-0.39, 0.29) is 12.8 Å². The van der Waals surface area contributed by atoms with E-state index in [0.29, 0.717) is 6.42 Å². The molecule has 10 heavy (non-hydrogen) atoms. The maximum Gasteiger partial charge on any atom is 0.159 e. The molecule has 0 aromatic rings. The molecule has 4 heteroatoms. The highest BCUT2D eigenvalue weighted by molar-refractivity contribution is 4.56. The molecule has 0 aliphatic rings. The van der Waals surface area contributed by atoms with Gasteiger partial charge < -0.3 is 20.4 Å². The summed E-state index contributed by atoms with van der Waals surface area (Å²) in [5.41, 5.74) is 0. The highest BCUT2D eigenvalue weighted by Crippen LogP contribution is 2.09. The fourth-order valence-electron chi connectivity index (χ4n) is 0.620. The summed E-state index contributed by atoms with van der Waals surface area (Å²) in [5, 5.41) is 34.1. The van der Waals surface area contributed by atoms with E-state index in [9.17, 15) is 0 Å². The van der Waals surface area contributed by atoms with E-state index in [1.54, 1.807) is 0 Å². The van der Waals surface area contributed by atoms with Crippen LogP contribution in [0.2, 0.25) is 0 Å². The molecule has 0 radical (unpaired) electrons. The standard InChI is InChI=1S/C6H14O4/c1-6(9,10)4-2-3-5(7)8/h5,7-10H,2-4H2,1H3. The molecular weight excluding hydrogens is 136 g/mol. The molecule has 0 spiro atoms. The molecule has 0 aromatic carbocycles. The van der Waals surface area contributed by atoms with Crippen molar-refractivity contribution < 1.29 is 20.4 Å². The second-order valence-electron chi connectivity index (χ2n) is 2.59. The van der Waals surface area contributed by atoms with E-state index in [1.807, 2.05) is 0 Å². The van der Waals surface area contributed by atoms with Crippen molar-refractivity contribution >= 4 is 0 Å². The van der Waals surface area contributed by atoms with Gasteiger partial charge in [-0.1, -0.05) is 0 Å². The summed E-state index contributed by atoms with van der Waals surface area (Å²) in [4.78, 5) is 0. The van der Waals surface area contributed by atoms with E-state index >= 15 is 0 Å². The molecule has 0 unspecified atom stereocenters. The Labute approximate surface area is 59.7 Å². The first-order chi connectivity index (χ1) is 4.42. The maximum absolute atomic E-state index is 8.72. The van der Waals surface area contributed by atoms with Crippen molar-refractivity contribution in [2.75, 3.05) is 0 Å². The zero-order chi connectivity index (χ0) is 8.20. The summed E-state index contributed by atoms with van der Waals surface area (Å²) in [5.74, 6) is -1.69. The van der Waals surface area contributed by atoms with Crippen LogP contribution in [0.3, 0.4) is 0 Å². The van der Waals surface area contributed by atoms with E-state index < -0.39 is 12.1 Å². The van der Waals surface area contributed by atoms with Gasteiger partial charge in [-0.2, -0.15) is 0 Å². The lowest BCUT2D eigenvalue weighted by Crippen LogP contribution is -2.23. The van der Waals surface area contributed by atoms with Crippen molar-refractivity contribution in [1.82, 2.24) is 0 Å². The fraction of sp³-hybridized carbons (Fsp3) is 1.00. The van der Waals surface area contributed by atoms with Gasteiger partial charge in [0.25, 0.3) is 0 Å². The zero-order valence-corrected chi connectivity index (χ0v) is 5.99. The van der Waals surface area contributed by atoms with Crippen LogP contribution < -0.4 is 0 Å². The predicted molar refractivity (Wildman–Crippen MR) is 34.9 cm³/mol. The Balaban J connectivity index is 3.21. The van der Waals surface area contributed by atoms with Crippen LogP contribution in [0.15, 0.2) is 0 Å². The van der Waals surface area contributed by atoms with Crippen molar-refractivity contribution in [2.24, 2.45) is 0 Å². The third-order valence-electron chi connectivity index (χ3n) is 1.11. The zero-order valence-electron chi connectivity index (χ0n) is 5.99. The van der Waals surface area contributed by atoms with Crippen LogP contribution in [0.4, 0.5) is 0 Å². The van der Waals surface area contributed by atoms with Gasteiger partial charge >= 0.3 is 0 Å². The molecule has 0 atom stereocenters. The molecular formula is C6H14O4. The van der Waals surface area contributed by atoms with Crippen LogP contribution in [0.5, 0.6) is 0 Å². The van der Waals surface area contributed by atoms with Gasteiger partial charge in [0.1, 0.15) is 0 Å². The molecule has 0 saturated carbocycles. The normalized spacial score (nSPS) is 12.6.